The van der Waals surface area contributed by atoms with E-state index in [4.69, 9.17) is 0 Å². The highest BCUT2D eigenvalue weighted by atomic mass is 32.1. The average molecular weight is 330 g/mol. The number of hydrogen-bond acceptors (Lipinski definition) is 5. The highest BCUT2D eigenvalue weighted by molar-refractivity contribution is 7.14. The Morgan fingerprint density at radius 2 is 2.13 bits per heavy atom. The summed E-state index contributed by atoms with van der Waals surface area (Å²) in [6.07, 6.45) is 7.71. The normalized spacial score (nSPS) is 14.0. The quantitative estimate of drug-likeness (QED) is 0.876. The largest absolute Gasteiger partial charge is 0.347 e. The number of rotatable bonds is 4. The van der Waals surface area contributed by atoms with Crippen LogP contribution in [0.15, 0.2) is 18.3 Å². The van der Waals surface area contributed by atoms with Crippen molar-refractivity contribution in [1.82, 2.24) is 15.3 Å². The van der Waals surface area contributed by atoms with Gasteiger partial charge in [0.25, 0.3) is 5.91 Å². The topological polar surface area (TPSA) is 58.1 Å². The number of anilines is 1. The van der Waals surface area contributed by atoms with Crippen molar-refractivity contribution < 1.29 is 4.79 Å². The van der Waals surface area contributed by atoms with Crippen LogP contribution in [0.2, 0.25) is 0 Å². The summed E-state index contributed by atoms with van der Waals surface area (Å²) in [7, 11) is 3.80. The Morgan fingerprint density at radius 1 is 1.30 bits per heavy atom. The number of carbonyl (C=O) groups excluding carboxylic acids is 1. The molecule has 1 amide bonds. The van der Waals surface area contributed by atoms with Crippen LogP contribution < -0.4 is 10.2 Å². The number of nitrogens with one attached hydrogen (secondary N) is 1. The fourth-order valence-corrected chi connectivity index (χ4v) is 3.91. The molecule has 3 rings (SSSR count). The Morgan fingerprint density at radius 3 is 2.96 bits per heavy atom. The molecular weight excluding hydrogens is 308 g/mol. The first-order chi connectivity index (χ1) is 11.1. The first-order valence-corrected chi connectivity index (χ1v) is 8.84. The van der Waals surface area contributed by atoms with Gasteiger partial charge in [0, 0.05) is 25.2 Å². The van der Waals surface area contributed by atoms with Gasteiger partial charge in [-0.2, -0.15) is 0 Å². The molecule has 0 radical (unpaired) electrons. The number of thiophene rings is 1. The third kappa shape index (κ3) is 3.88. The molecule has 0 aliphatic heterocycles. The molecule has 1 aliphatic carbocycles. The van der Waals surface area contributed by atoms with Gasteiger partial charge in [-0.3, -0.25) is 4.79 Å². The fourth-order valence-electron chi connectivity index (χ4n) is 2.74. The summed E-state index contributed by atoms with van der Waals surface area (Å²) < 4.78 is 0. The van der Waals surface area contributed by atoms with Crippen LogP contribution in [0.3, 0.4) is 0 Å². The number of hydrogen-bond donors (Lipinski definition) is 1. The first kappa shape index (κ1) is 15.9. The van der Waals surface area contributed by atoms with Gasteiger partial charge < -0.3 is 10.2 Å². The SMILES string of the molecule is CN(C)c1nccc(CNC(=O)c2cc3c(s2)CCCCC3)n1. The summed E-state index contributed by atoms with van der Waals surface area (Å²) in [6.45, 7) is 0.421. The zero-order valence-corrected chi connectivity index (χ0v) is 14.4. The van der Waals surface area contributed by atoms with E-state index in [-0.39, 0.29) is 5.91 Å². The van der Waals surface area contributed by atoms with Crippen LogP contribution in [0.25, 0.3) is 0 Å². The number of aromatic nitrogens is 2. The molecule has 0 spiro atoms. The van der Waals surface area contributed by atoms with Gasteiger partial charge in [-0.15, -0.1) is 11.3 Å². The standard InChI is InChI=1S/C17H22N4OS/c1-21(2)17-18-9-8-13(20-17)11-19-16(22)15-10-12-6-4-3-5-7-14(12)23-15/h8-10H,3-7,11H2,1-2H3,(H,19,22). The lowest BCUT2D eigenvalue weighted by Gasteiger charge is -2.10. The Balaban J connectivity index is 1.64. The lowest BCUT2D eigenvalue weighted by Crippen LogP contribution is -2.23. The van der Waals surface area contributed by atoms with E-state index in [1.165, 1.54) is 29.7 Å². The molecule has 0 saturated heterocycles. The molecule has 2 heterocycles. The molecule has 1 aliphatic rings. The zero-order chi connectivity index (χ0) is 16.2. The molecule has 2 aromatic rings. The Labute approximate surface area is 140 Å². The van der Waals surface area contributed by atoms with Gasteiger partial charge in [-0.25, -0.2) is 9.97 Å². The second-order valence-electron chi connectivity index (χ2n) is 6.04. The van der Waals surface area contributed by atoms with Gasteiger partial charge in [0.1, 0.15) is 0 Å². The number of fused-ring (bicyclic) bond motifs is 1. The molecule has 1 N–H and O–H groups in total. The minimum absolute atomic E-state index is 0.00640. The molecule has 0 bridgehead atoms. The number of nitrogens with zero attached hydrogens (tertiary/aromatic N) is 3. The van der Waals surface area contributed by atoms with Crippen molar-refractivity contribution in [2.45, 2.75) is 38.6 Å². The predicted octanol–water partition coefficient (Wildman–Crippen LogP) is 2.80. The molecule has 2 aromatic heterocycles. The average Bonchev–Trinajstić information content (AvgIpc) is 2.84. The molecule has 0 atom stereocenters. The highest BCUT2D eigenvalue weighted by Crippen LogP contribution is 2.28. The maximum Gasteiger partial charge on any atom is 0.261 e. The summed E-state index contributed by atoms with van der Waals surface area (Å²) in [5.74, 6) is 0.646. The van der Waals surface area contributed by atoms with Crippen LogP contribution >= 0.6 is 11.3 Å². The number of amides is 1. The maximum absolute atomic E-state index is 12.4. The third-order valence-electron chi connectivity index (χ3n) is 4.00. The van der Waals surface area contributed by atoms with Crippen molar-refractivity contribution in [2.24, 2.45) is 0 Å². The van der Waals surface area contributed by atoms with Crippen molar-refractivity contribution in [2.75, 3.05) is 19.0 Å². The van der Waals surface area contributed by atoms with Crippen LogP contribution in [-0.4, -0.2) is 30.0 Å². The van der Waals surface area contributed by atoms with Gasteiger partial charge in [-0.1, -0.05) is 6.42 Å². The molecule has 0 saturated carbocycles. The first-order valence-electron chi connectivity index (χ1n) is 8.02. The van der Waals surface area contributed by atoms with Gasteiger partial charge >= 0.3 is 0 Å². The molecule has 0 unspecified atom stereocenters. The van der Waals surface area contributed by atoms with Crippen molar-refractivity contribution >= 4 is 23.2 Å². The Bertz CT molecular complexity index is 672. The van der Waals surface area contributed by atoms with E-state index in [1.54, 1.807) is 17.5 Å². The fraction of sp³-hybridized carbons (Fsp3) is 0.471. The number of carbonyl (C=O) groups is 1. The van der Waals surface area contributed by atoms with Gasteiger partial charge in [0.2, 0.25) is 5.95 Å². The van der Waals surface area contributed by atoms with Gasteiger partial charge in [0.15, 0.2) is 0 Å². The molecule has 0 aromatic carbocycles. The van der Waals surface area contributed by atoms with Crippen molar-refractivity contribution in [3.8, 4) is 0 Å². The van der Waals surface area contributed by atoms with E-state index < -0.39 is 0 Å². The number of aryl methyl sites for hydroxylation is 2. The van der Waals surface area contributed by atoms with Crippen molar-refractivity contribution in [1.29, 1.82) is 0 Å². The lowest BCUT2D eigenvalue weighted by molar-refractivity contribution is 0.0954. The third-order valence-corrected chi connectivity index (χ3v) is 5.24. The lowest BCUT2D eigenvalue weighted by atomic mass is 10.1. The van der Waals surface area contributed by atoms with Crippen LogP contribution in [0.4, 0.5) is 5.95 Å². The van der Waals surface area contributed by atoms with E-state index in [0.29, 0.717) is 12.5 Å². The molecule has 0 fully saturated rings. The second-order valence-corrected chi connectivity index (χ2v) is 7.18. The van der Waals surface area contributed by atoms with E-state index in [9.17, 15) is 4.79 Å². The van der Waals surface area contributed by atoms with Crippen LogP contribution in [0, 0.1) is 0 Å². The van der Waals surface area contributed by atoms with Gasteiger partial charge in [-0.05, 0) is 43.4 Å². The van der Waals surface area contributed by atoms with Crippen molar-refractivity contribution in [3.05, 3.63) is 39.3 Å². The van der Waals surface area contributed by atoms with Crippen LogP contribution in [-0.2, 0) is 19.4 Å². The Hall–Kier alpha value is -1.95. The molecular formula is C17H22N4OS. The molecule has 6 heteroatoms. The summed E-state index contributed by atoms with van der Waals surface area (Å²) in [5.41, 5.74) is 2.18. The Kier molecular flexibility index (Phi) is 4.91. The second kappa shape index (κ2) is 7.08. The minimum atomic E-state index is -0.00640. The monoisotopic (exact) mass is 330 g/mol. The summed E-state index contributed by atoms with van der Waals surface area (Å²) in [5, 5.41) is 2.97. The minimum Gasteiger partial charge on any atom is -0.347 e. The molecule has 23 heavy (non-hydrogen) atoms. The molecule has 122 valence electrons. The van der Waals surface area contributed by atoms with Crippen LogP contribution in [0.1, 0.15) is 45.1 Å². The summed E-state index contributed by atoms with van der Waals surface area (Å²) in [4.78, 5) is 25.0. The summed E-state index contributed by atoms with van der Waals surface area (Å²) >= 11 is 1.65. The van der Waals surface area contributed by atoms with E-state index in [1.807, 2.05) is 25.1 Å². The molecule has 5 nitrogen and oxygen atoms in total. The highest BCUT2D eigenvalue weighted by Gasteiger charge is 2.16. The van der Waals surface area contributed by atoms with E-state index in [2.05, 4.69) is 21.4 Å². The smallest absolute Gasteiger partial charge is 0.261 e. The van der Waals surface area contributed by atoms with Crippen molar-refractivity contribution in [3.63, 3.8) is 0 Å². The zero-order valence-electron chi connectivity index (χ0n) is 13.6. The van der Waals surface area contributed by atoms with E-state index in [0.717, 1.165) is 23.4 Å². The maximum atomic E-state index is 12.4. The van der Waals surface area contributed by atoms with Gasteiger partial charge in [0.05, 0.1) is 17.1 Å². The van der Waals surface area contributed by atoms with Crippen LogP contribution in [0.5, 0.6) is 0 Å². The predicted molar refractivity (Wildman–Crippen MR) is 93.1 cm³/mol. The van der Waals surface area contributed by atoms with E-state index >= 15 is 0 Å². The summed E-state index contributed by atoms with van der Waals surface area (Å²) in [6, 6.07) is 3.91.